The molecule has 0 bridgehead atoms. The third kappa shape index (κ3) is 3.89. The van der Waals surface area contributed by atoms with E-state index >= 15 is 0 Å². The van der Waals surface area contributed by atoms with Crippen LogP contribution in [-0.2, 0) is 0 Å². The van der Waals surface area contributed by atoms with Crippen molar-refractivity contribution in [2.75, 3.05) is 5.32 Å². The summed E-state index contributed by atoms with van der Waals surface area (Å²) >= 11 is 0. The number of carbonyl (C=O) groups excluding carboxylic acids is 2. The van der Waals surface area contributed by atoms with E-state index in [1.165, 1.54) is 0 Å². The molecule has 5 heteroatoms. The highest BCUT2D eigenvalue weighted by Gasteiger charge is 2.12. The van der Waals surface area contributed by atoms with Gasteiger partial charge in [0, 0.05) is 22.4 Å². The van der Waals surface area contributed by atoms with Gasteiger partial charge in [-0.05, 0) is 44.2 Å². The van der Waals surface area contributed by atoms with E-state index in [9.17, 15) is 9.59 Å². The molecule has 0 aliphatic heterocycles. The molecule has 0 aliphatic rings. The minimum Gasteiger partial charge on any atom is -0.322 e. The molecule has 0 fully saturated rings. The molecule has 0 saturated heterocycles. The summed E-state index contributed by atoms with van der Waals surface area (Å²) in [5.74, 6) is -0.357. The Morgan fingerprint density at radius 1 is 0.690 bits per heavy atom. The Morgan fingerprint density at radius 3 is 2.14 bits per heavy atom. The van der Waals surface area contributed by atoms with Crippen molar-refractivity contribution in [3.8, 4) is 0 Å². The maximum atomic E-state index is 12.7. The average Bonchev–Trinajstić information content (AvgIpc) is 2.74. The van der Waals surface area contributed by atoms with E-state index in [1.54, 1.807) is 54.6 Å². The molecule has 0 spiro atoms. The topological polar surface area (TPSA) is 72.0 Å². The van der Waals surface area contributed by atoms with E-state index in [0.29, 0.717) is 27.9 Å². The number of carbonyl (C=O) groups is 2. The highest BCUT2D eigenvalue weighted by atomic mass is 16.1. The summed E-state index contributed by atoms with van der Waals surface area (Å²) in [6.07, 6.45) is 0. The van der Waals surface area contributed by atoms with E-state index in [2.05, 4.69) is 15.3 Å². The van der Waals surface area contributed by atoms with Gasteiger partial charge in [-0.25, -0.2) is 9.97 Å². The second kappa shape index (κ2) is 7.64. The number of amides is 1. The maximum Gasteiger partial charge on any atom is 0.255 e. The molecule has 1 N–H and O–H groups in total. The van der Waals surface area contributed by atoms with Crippen molar-refractivity contribution < 1.29 is 9.59 Å². The van der Waals surface area contributed by atoms with E-state index in [-0.39, 0.29) is 11.7 Å². The van der Waals surface area contributed by atoms with Gasteiger partial charge >= 0.3 is 0 Å². The Bertz CT molecular complexity index is 1230. The molecule has 1 amide bonds. The fourth-order valence-electron chi connectivity index (χ4n) is 3.07. The lowest BCUT2D eigenvalue weighted by molar-refractivity contribution is 0.102. The molecule has 4 rings (SSSR count). The zero-order chi connectivity index (χ0) is 20.4. The summed E-state index contributed by atoms with van der Waals surface area (Å²) in [7, 11) is 0. The summed E-state index contributed by atoms with van der Waals surface area (Å²) in [6.45, 7) is 3.80. The van der Waals surface area contributed by atoms with Crippen LogP contribution in [0.1, 0.15) is 37.7 Å². The van der Waals surface area contributed by atoms with Gasteiger partial charge in [-0.15, -0.1) is 0 Å². The zero-order valence-corrected chi connectivity index (χ0v) is 16.1. The van der Waals surface area contributed by atoms with Crippen LogP contribution < -0.4 is 5.32 Å². The standard InChI is InChI=1S/C24H19N3O2/c1-15-16(2)26-22-14-19(11-12-21(22)25-15)24(29)27-20-10-6-9-18(13-20)23(28)17-7-4-3-5-8-17/h3-14H,1-2H3,(H,27,29). The van der Waals surface area contributed by atoms with Crippen LogP contribution >= 0.6 is 0 Å². The Hall–Kier alpha value is -3.86. The van der Waals surface area contributed by atoms with Gasteiger partial charge < -0.3 is 5.32 Å². The number of hydrogen-bond acceptors (Lipinski definition) is 4. The quantitative estimate of drug-likeness (QED) is 0.519. The molecule has 3 aromatic carbocycles. The van der Waals surface area contributed by atoms with Crippen molar-refractivity contribution in [3.05, 3.63) is 101 Å². The first kappa shape index (κ1) is 18.5. The van der Waals surface area contributed by atoms with Crippen molar-refractivity contribution in [1.82, 2.24) is 9.97 Å². The number of nitrogens with one attached hydrogen (secondary N) is 1. The number of aromatic nitrogens is 2. The van der Waals surface area contributed by atoms with Gasteiger partial charge in [0.15, 0.2) is 5.78 Å². The van der Waals surface area contributed by atoms with E-state index in [1.807, 2.05) is 32.0 Å². The molecule has 5 nitrogen and oxygen atoms in total. The summed E-state index contributed by atoms with van der Waals surface area (Å²) in [5.41, 5.74) is 5.29. The fourth-order valence-corrected chi connectivity index (χ4v) is 3.07. The minimum atomic E-state index is -0.267. The van der Waals surface area contributed by atoms with Gasteiger partial charge in [0.25, 0.3) is 5.91 Å². The van der Waals surface area contributed by atoms with E-state index in [4.69, 9.17) is 0 Å². The van der Waals surface area contributed by atoms with Crippen LogP contribution in [-0.4, -0.2) is 21.7 Å². The molecule has 0 unspecified atom stereocenters. The van der Waals surface area contributed by atoms with Crippen LogP contribution in [0, 0.1) is 13.8 Å². The molecule has 1 aromatic heterocycles. The van der Waals surface area contributed by atoms with Crippen LogP contribution in [0.15, 0.2) is 72.8 Å². The number of nitrogens with zero attached hydrogens (tertiary/aromatic N) is 2. The number of ketones is 1. The Balaban J connectivity index is 1.58. The molecule has 0 atom stereocenters. The number of aryl methyl sites for hydroxylation is 2. The number of hydrogen-bond donors (Lipinski definition) is 1. The lowest BCUT2D eigenvalue weighted by atomic mass is 10.0. The van der Waals surface area contributed by atoms with Crippen LogP contribution in [0.5, 0.6) is 0 Å². The largest absolute Gasteiger partial charge is 0.322 e. The molecular formula is C24H19N3O2. The average molecular weight is 381 g/mol. The third-order valence-electron chi connectivity index (χ3n) is 4.76. The van der Waals surface area contributed by atoms with Crippen molar-refractivity contribution >= 4 is 28.4 Å². The lowest BCUT2D eigenvalue weighted by Crippen LogP contribution is -2.12. The molecule has 4 aromatic rings. The smallest absolute Gasteiger partial charge is 0.255 e. The molecule has 1 heterocycles. The van der Waals surface area contributed by atoms with Crippen molar-refractivity contribution in [2.24, 2.45) is 0 Å². The Labute approximate surface area is 168 Å². The molecule has 142 valence electrons. The first-order valence-electron chi connectivity index (χ1n) is 9.27. The van der Waals surface area contributed by atoms with Gasteiger partial charge in [0.05, 0.1) is 22.4 Å². The second-order valence-electron chi connectivity index (χ2n) is 6.83. The Morgan fingerprint density at radius 2 is 1.38 bits per heavy atom. The van der Waals surface area contributed by atoms with Crippen molar-refractivity contribution in [2.45, 2.75) is 13.8 Å². The SMILES string of the molecule is Cc1nc2ccc(C(=O)Nc3cccc(C(=O)c4ccccc4)c3)cc2nc1C. The minimum absolute atomic E-state index is 0.0893. The highest BCUT2D eigenvalue weighted by molar-refractivity contribution is 6.10. The summed E-state index contributed by atoms with van der Waals surface area (Å²) in [5, 5.41) is 2.86. The maximum absolute atomic E-state index is 12.7. The van der Waals surface area contributed by atoms with Crippen LogP contribution in [0.2, 0.25) is 0 Å². The predicted octanol–water partition coefficient (Wildman–Crippen LogP) is 4.73. The predicted molar refractivity (Wildman–Crippen MR) is 113 cm³/mol. The summed E-state index contributed by atoms with van der Waals surface area (Å²) < 4.78 is 0. The van der Waals surface area contributed by atoms with E-state index < -0.39 is 0 Å². The number of rotatable bonds is 4. The third-order valence-corrected chi connectivity index (χ3v) is 4.76. The molecule has 29 heavy (non-hydrogen) atoms. The van der Waals surface area contributed by atoms with Crippen LogP contribution in [0.25, 0.3) is 11.0 Å². The first-order chi connectivity index (χ1) is 14.0. The lowest BCUT2D eigenvalue weighted by Gasteiger charge is -2.09. The molecule has 0 saturated carbocycles. The molecular weight excluding hydrogens is 362 g/mol. The molecule has 0 aliphatic carbocycles. The first-order valence-corrected chi connectivity index (χ1v) is 9.27. The fraction of sp³-hybridized carbons (Fsp3) is 0.0833. The van der Waals surface area contributed by atoms with Crippen LogP contribution in [0.4, 0.5) is 5.69 Å². The van der Waals surface area contributed by atoms with Gasteiger partial charge in [-0.2, -0.15) is 0 Å². The van der Waals surface area contributed by atoms with Gasteiger partial charge in [0.2, 0.25) is 0 Å². The summed E-state index contributed by atoms with van der Waals surface area (Å²) in [4.78, 5) is 34.3. The van der Waals surface area contributed by atoms with Crippen molar-refractivity contribution in [1.29, 1.82) is 0 Å². The van der Waals surface area contributed by atoms with E-state index in [0.717, 1.165) is 16.9 Å². The Kier molecular flexibility index (Phi) is 4.87. The summed E-state index contributed by atoms with van der Waals surface area (Å²) in [6, 6.07) is 21.2. The number of fused-ring (bicyclic) bond motifs is 1. The van der Waals surface area contributed by atoms with Crippen LogP contribution in [0.3, 0.4) is 0 Å². The number of anilines is 1. The van der Waals surface area contributed by atoms with Gasteiger partial charge in [-0.1, -0.05) is 42.5 Å². The monoisotopic (exact) mass is 381 g/mol. The highest BCUT2D eigenvalue weighted by Crippen LogP contribution is 2.18. The van der Waals surface area contributed by atoms with Gasteiger partial charge in [-0.3, -0.25) is 9.59 Å². The molecule has 0 radical (unpaired) electrons. The second-order valence-corrected chi connectivity index (χ2v) is 6.83. The zero-order valence-electron chi connectivity index (χ0n) is 16.1. The number of benzene rings is 3. The van der Waals surface area contributed by atoms with Gasteiger partial charge in [0.1, 0.15) is 0 Å². The van der Waals surface area contributed by atoms with Crippen molar-refractivity contribution in [3.63, 3.8) is 0 Å². The normalized spacial score (nSPS) is 10.7.